The van der Waals surface area contributed by atoms with Gasteiger partial charge in [-0.05, 0) is 25.0 Å². The van der Waals surface area contributed by atoms with Crippen LogP contribution in [0.2, 0.25) is 0 Å². The quantitative estimate of drug-likeness (QED) is 0.365. The summed E-state index contributed by atoms with van der Waals surface area (Å²) in [7, 11) is 0. The zero-order valence-electron chi connectivity index (χ0n) is 10.6. The summed E-state index contributed by atoms with van der Waals surface area (Å²) in [5, 5.41) is 23.9. The number of aliphatic hydroxyl groups excluding tert-OH is 1. The molecule has 1 aromatic rings. The van der Waals surface area contributed by atoms with Crippen LogP contribution in [0.1, 0.15) is 25.7 Å². The van der Waals surface area contributed by atoms with Crippen molar-refractivity contribution in [2.75, 3.05) is 17.3 Å². The molecule has 5 N–H and O–H groups in total. The van der Waals surface area contributed by atoms with E-state index < -0.39 is 10.5 Å². The molecule has 0 amide bonds. The normalized spacial score (nSPS) is 17.2. The lowest BCUT2D eigenvalue weighted by Crippen LogP contribution is -2.39. The van der Waals surface area contributed by atoms with Gasteiger partial charge in [0.2, 0.25) is 0 Å². The van der Waals surface area contributed by atoms with Gasteiger partial charge in [0.25, 0.3) is 0 Å². The highest BCUT2D eigenvalue weighted by Gasteiger charge is 2.35. The third-order valence-corrected chi connectivity index (χ3v) is 3.64. The van der Waals surface area contributed by atoms with Crippen molar-refractivity contribution in [3.05, 3.63) is 28.3 Å². The van der Waals surface area contributed by atoms with Crippen LogP contribution in [-0.2, 0) is 0 Å². The predicted octanol–water partition coefficient (Wildman–Crippen LogP) is 1.60. The van der Waals surface area contributed by atoms with Gasteiger partial charge in [-0.1, -0.05) is 18.9 Å². The third-order valence-electron chi connectivity index (χ3n) is 3.64. The van der Waals surface area contributed by atoms with Crippen LogP contribution in [0.15, 0.2) is 18.2 Å². The summed E-state index contributed by atoms with van der Waals surface area (Å²) >= 11 is 0. The largest absolute Gasteiger partial charge is 0.394 e. The molecule has 7 nitrogen and oxygen atoms in total. The Balaban J connectivity index is 2.36. The van der Waals surface area contributed by atoms with E-state index in [9.17, 15) is 15.2 Å². The molecule has 0 radical (unpaired) electrons. The third kappa shape index (κ3) is 2.61. The summed E-state index contributed by atoms with van der Waals surface area (Å²) in [4.78, 5) is 10.7. The zero-order valence-corrected chi connectivity index (χ0v) is 10.6. The molecule has 1 aliphatic rings. The highest BCUT2D eigenvalue weighted by Crippen LogP contribution is 2.38. The molecule has 2 rings (SSSR count). The molecule has 19 heavy (non-hydrogen) atoms. The number of aliphatic hydroxyl groups is 1. The van der Waals surface area contributed by atoms with Crippen LogP contribution in [0.25, 0.3) is 0 Å². The monoisotopic (exact) mass is 266 g/mol. The second kappa shape index (κ2) is 5.41. The summed E-state index contributed by atoms with van der Waals surface area (Å²) < 4.78 is 0. The van der Waals surface area contributed by atoms with Gasteiger partial charge in [0.15, 0.2) is 0 Å². The number of rotatable bonds is 5. The van der Waals surface area contributed by atoms with Gasteiger partial charge >= 0.3 is 5.69 Å². The predicted molar refractivity (Wildman–Crippen MR) is 72.8 cm³/mol. The number of benzene rings is 1. The van der Waals surface area contributed by atoms with E-state index in [1.165, 1.54) is 0 Å². The number of hydrogen-bond acceptors (Lipinski definition) is 6. The Bertz CT molecular complexity index is 472. The van der Waals surface area contributed by atoms with E-state index in [0.29, 0.717) is 5.69 Å². The highest BCUT2D eigenvalue weighted by atomic mass is 16.6. The summed E-state index contributed by atoms with van der Waals surface area (Å²) in [6, 6.07) is 4.86. The number of nitro benzene ring substituents is 1. The lowest BCUT2D eigenvalue weighted by molar-refractivity contribution is -0.383. The maximum absolute atomic E-state index is 11.2. The van der Waals surface area contributed by atoms with Crippen LogP contribution in [0.3, 0.4) is 0 Å². The molecule has 1 fully saturated rings. The zero-order chi connectivity index (χ0) is 13.9. The molecule has 0 heterocycles. The fraction of sp³-hybridized carbons (Fsp3) is 0.500. The van der Waals surface area contributed by atoms with Gasteiger partial charge in [-0.15, -0.1) is 0 Å². The van der Waals surface area contributed by atoms with Crippen molar-refractivity contribution >= 4 is 17.1 Å². The SMILES string of the molecule is NNc1cccc(NC2(CO)CCCC2)c1[N+](=O)[O-]. The first-order valence-corrected chi connectivity index (χ1v) is 6.25. The Kier molecular flexibility index (Phi) is 3.87. The molecular weight excluding hydrogens is 248 g/mol. The van der Waals surface area contributed by atoms with E-state index in [0.717, 1.165) is 25.7 Å². The molecule has 104 valence electrons. The standard InChI is InChI=1S/C12H18N4O3/c13-15-10-5-3-4-9(11(10)16(18)19)14-12(8-17)6-1-2-7-12/h3-5,14-15,17H,1-2,6-8,13H2. The first-order chi connectivity index (χ1) is 9.12. The van der Waals surface area contributed by atoms with Crippen molar-refractivity contribution in [2.45, 2.75) is 31.2 Å². The van der Waals surface area contributed by atoms with Gasteiger partial charge in [0.05, 0.1) is 17.1 Å². The second-order valence-electron chi connectivity index (χ2n) is 4.87. The molecule has 0 unspecified atom stereocenters. The molecule has 0 saturated heterocycles. The molecule has 0 bridgehead atoms. The van der Waals surface area contributed by atoms with Gasteiger partial charge in [0, 0.05) is 0 Å². The first-order valence-electron chi connectivity index (χ1n) is 6.25. The molecule has 1 aromatic carbocycles. The Hall–Kier alpha value is -1.86. The molecule has 0 aromatic heterocycles. The molecule has 1 saturated carbocycles. The van der Waals surface area contributed by atoms with Gasteiger partial charge in [0.1, 0.15) is 11.4 Å². The average Bonchev–Trinajstić information content (AvgIpc) is 2.87. The van der Waals surface area contributed by atoms with Gasteiger partial charge in [-0.3, -0.25) is 16.0 Å². The number of para-hydroxylation sites is 1. The molecule has 0 atom stereocenters. The smallest absolute Gasteiger partial charge is 0.316 e. The van der Waals surface area contributed by atoms with E-state index in [2.05, 4.69) is 10.7 Å². The summed E-state index contributed by atoms with van der Waals surface area (Å²) in [6.07, 6.45) is 3.63. The van der Waals surface area contributed by atoms with Crippen molar-refractivity contribution in [2.24, 2.45) is 5.84 Å². The Morgan fingerprint density at radius 2 is 2.00 bits per heavy atom. The number of hydrogen-bond donors (Lipinski definition) is 4. The lowest BCUT2D eigenvalue weighted by atomic mass is 9.98. The fourth-order valence-corrected chi connectivity index (χ4v) is 2.62. The summed E-state index contributed by atoms with van der Waals surface area (Å²) in [5.41, 5.74) is 2.41. The highest BCUT2D eigenvalue weighted by molar-refractivity contribution is 5.76. The van der Waals surface area contributed by atoms with E-state index in [1.807, 2.05) is 0 Å². The van der Waals surface area contributed by atoms with Crippen LogP contribution in [-0.4, -0.2) is 22.2 Å². The average molecular weight is 266 g/mol. The minimum atomic E-state index is -0.475. The number of nitrogens with two attached hydrogens (primary N) is 1. The number of nitrogens with zero attached hydrogens (tertiary/aromatic N) is 1. The first kappa shape index (κ1) is 13.6. The topological polar surface area (TPSA) is 113 Å². The number of anilines is 2. The Morgan fingerprint density at radius 3 is 2.53 bits per heavy atom. The van der Waals surface area contributed by atoms with Crippen LogP contribution < -0.4 is 16.6 Å². The van der Waals surface area contributed by atoms with Crippen molar-refractivity contribution in [3.8, 4) is 0 Å². The van der Waals surface area contributed by atoms with Crippen LogP contribution >= 0.6 is 0 Å². The van der Waals surface area contributed by atoms with Gasteiger partial charge in [-0.25, -0.2) is 0 Å². The minimum Gasteiger partial charge on any atom is -0.394 e. The summed E-state index contributed by atoms with van der Waals surface area (Å²) in [5.74, 6) is 5.30. The number of nitro groups is 1. The van der Waals surface area contributed by atoms with E-state index in [4.69, 9.17) is 5.84 Å². The summed E-state index contributed by atoms with van der Waals surface area (Å²) in [6.45, 7) is -0.0373. The molecule has 0 spiro atoms. The molecule has 7 heteroatoms. The minimum absolute atomic E-state index is 0.0373. The van der Waals surface area contributed by atoms with Crippen molar-refractivity contribution in [3.63, 3.8) is 0 Å². The number of hydrazine groups is 1. The van der Waals surface area contributed by atoms with Crippen LogP contribution in [0.5, 0.6) is 0 Å². The van der Waals surface area contributed by atoms with Crippen molar-refractivity contribution < 1.29 is 10.0 Å². The van der Waals surface area contributed by atoms with E-state index in [1.54, 1.807) is 18.2 Å². The Labute approximate surface area is 110 Å². The second-order valence-corrected chi connectivity index (χ2v) is 4.87. The Morgan fingerprint density at radius 1 is 1.37 bits per heavy atom. The van der Waals surface area contributed by atoms with E-state index >= 15 is 0 Å². The van der Waals surface area contributed by atoms with E-state index in [-0.39, 0.29) is 18.0 Å². The maximum atomic E-state index is 11.2. The van der Waals surface area contributed by atoms with Crippen LogP contribution in [0, 0.1) is 10.1 Å². The fourth-order valence-electron chi connectivity index (χ4n) is 2.62. The molecule has 0 aliphatic heterocycles. The van der Waals surface area contributed by atoms with Crippen molar-refractivity contribution in [1.29, 1.82) is 0 Å². The molecule has 1 aliphatic carbocycles. The van der Waals surface area contributed by atoms with Crippen molar-refractivity contribution in [1.82, 2.24) is 0 Å². The van der Waals surface area contributed by atoms with Gasteiger partial charge < -0.3 is 15.8 Å². The number of nitrogens with one attached hydrogen (secondary N) is 2. The lowest BCUT2D eigenvalue weighted by Gasteiger charge is -2.29. The van der Waals surface area contributed by atoms with Gasteiger partial charge in [-0.2, -0.15) is 0 Å². The van der Waals surface area contributed by atoms with Crippen LogP contribution in [0.4, 0.5) is 17.1 Å². The number of nitrogen functional groups attached to an aromatic ring is 1. The molecular formula is C12H18N4O3. The maximum Gasteiger partial charge on any atom is 0.316 e.